The van der Waals surface area contributed by atoms with E-state index in [1.54, 1.807) is 29.0 Å². The van der Waals surface area contributed by atoms with Gasteiger partial charge < -0.3 is 30.1 Å². The van der Waals surface area contributed by atoms with E-state index >= 15 is 0 Å². The number of benzene rings is 1. The maximum atomic E-state index is 14.8. The third-order valence-corrected chi connectivity index (χ3v) is 11.1. The zero-order valence-corrected chi connectivity index (χ0v) is 29.3. The topological polar surface area (TPSA) is 105 Å². The Morgan fingerprint density at radius 3 is 2.53 bits per heavy atom. The van der Waals surface area contributed by atoms with Crippen LogP contribution in [-0.4, -0.2) is 102 Å². The molecule has 0 saturated carbocycles. The van der Waals surface area contributed by atoms with Crippen LogP contribution >= 0.6 is 11.9 Å². The van der Waals surface area contributed by atoms with Gasteiger partial charge in [0.15, 0.2) is 0 Å². The molecule has 2 saturated heterocycles. The highest BCUT2D eigenvalue weighted by Gasteiger charge is 2.35. The van der Waals surface area contributed by atoms with Crippen LogP contribution in [0.25, 0.3) is 0 Å². The lowest BCUT2D eigenvalue weighted by Crippen LogP contribution is -2.52. The number of nitrogens with zero attached hydrogens (tertiary/aromatic N) is 4. The van der Waals surface area contributed by atoms with Crippen LogP contribution in [0.2, 0.25) is 0 Å². The van der Waals surface area contributed by atoms with Crippen molar-refractivity contribution in [1.29, 1.82) is 0 Å². The minimum atomic E-state index is -0.751. The molecule has 1 aromatic carbocycles. The van der Waals surface area contributed by atoms with Gasteiger partial charge in [0.1, 0.15) is 18.1 Å². The second-order valence-corrected chi connectivity index (χ2v) is 14.5. The average Bonchev–Trinajstić information content (AvgIpc) is 3.06. The highest BCUT2D eigenvalue weighted by atomic mass is 32.2. The first kappa shape index (κ1) is 36.5. The fourth-order valence-electron chi connectivity index (χ4n) is 6.85. The molecule has 1 aliphatic carbocycles. The van der Waals surface area contributed by atoms with Crippen LogP contribution in [0.15, 0.2) is 41.6 Å². The Hall–Kier alpha value is -3.38. The van der Waals surface area contributed by atoms with Gasteiger partial charge >= 0.3 is 6.03 Å². The Labute approximate surface area is 283 Å². The van der Waals surface area contributed by atoms with Gasteiger partial charge in [0, 0.05) is 64.2 Å². The first-order valence-corrected chi connectivity index (χ1v) is 17.6. The Morgan fingerprint density at radius 2 is 1.89 bits per heavy atom. The number of rotatable bonds is 13. The Balaban J connectivity index is 1.36. The molecule has 2 heterocycles. The minimum Gasteiger partial charge on any atom is -0.379 e. The van der Waals surface area contributed by atoms with E-state index in [2.05, 4.69) is 40.9 Å². The van der Waals surface area contributed by atoms with Crippen LogP contribution in [0, 0.1) is 11.7 Å². The number of anilines is 1. The summed E-state index contributed by atoms with van der Waals surface area (Å²) in [7, 11) is 5.36. The van der Waals surface area contributed by atoms with Gasteiger partial charge in [0.05, 0.1) is 11.7 Å². The SMILES string of the molecule is CNC(=O)C(CCC=O)N(C=O)C1CC=C(C2CCN(C(=O)Nc3cc(CSN4CCCCC4(C)C)ccc3F)CC2)C=C1N(C)C. The van der Waals surface area contributed by atoms with Crippen molar-refractivity contribution in [2.24, 2.45) is 5.92 Å². The second-order valence-electron chi connectivity index (χ2n) is 13.5. The van der Waals surface area contributed by atoms with E-state index in [0.717, 1.165) is 48.9 Å². The number of carbonyl (C=O) groups is 4. The lowest BCUT2D eigenvalue weighted by molar-refractivity contribution is -0.134. The van der Waals surface area contributed by atoms with Crippen molar-refractivity contribution in [3.63, 3.8) is 0 Å². The summed E-state index contributed by atoms with van der Waals surface area (Å²) in [6.07, 6.45) is 11.7. The number of aldehydes is 1. The van der Waals surface area contributed by atoms with E-state index < -0.39 is 11.9 Å². The van der Waals surface area contributed by atoms with Crippen molar-refractivity contribution < 1.29 is 23.6 Å². The van der Waals surface area contributed by atoms with Gasteiger partial charge in [-0.2, -0.15) is 0 Å². The second kappa shape index (κ2) is 16.6. The molecule has 2 N–H and O–H groups in total. The van der Waals surface area contributed by atoms with E-state index in [1.165, 1.54) is 30.9 Å². The lowest BCUT2D eigenvalue weighted by Gasteiger charge is -2.41. The van der Waals surface area contributed by atoms with Gasteiger partial charge in [-0.1, -0.05) is 30.5 Å². The molecule has 1 aromatic rings. The molecule has 258 valence electrons. The molecule has 3 aliphatic rings. The summed E-state index contributed by atoms with van der Waals surface area (Å²) in [6.45, 7) is 6.65. The summed E-state index contributed by atoms with van der Waals surface area (Å²) in [6, 6.07) is 3.57. The van der Waals surface area contributed by atoms with Gasteiger partial charge in [0.25, 0.3) is 0 Å². The Kier molecular flexibility index (Phi) is 12.9. The molecule has 10 nitrogen and oxygen atoms in total. The third kappa shape index (κ3) is 9.16. The summed E-state index contributed by atoms with van der Waals surface area (Å²) >= 11 is 1.77. The molecule has 47 heavy (non-hydrogen) atoms. The van der Waals surface area contributed by atoms with Crippen molar-refractivity contribution >= 4 is 42.3 Å². The number of piperidine rings is 2. The molecule has 2 aliphatic heterocycles. The normalized spacial score (nSPS) is 20.8. The number of hydrogen-bond donors (Lipinski definition) is 2. The number of amides is 4. The fraction of sp³-hybridized carbons (Fsp3) is 0.600. The van der Waals surface area contributed by atoms with Gasteiger partial charge in [-0.25, -0.2) is 13.5 Å². The fourth-order valence-corrected chi connectivity index (χ4v) is 8.04. The maximum Gasteiger partial charge on any atom is 0.321 e. The summed E-state index contributed by atoms with van der Waals surface area (Å²) in [5.41, 5.74) is 3.36. The summed E-state index contributed by atoms with van der Waals surface area (Å²) < 4.78 is 17.2. The molecule has 0 aromatic heterocycles. The van der Waals surface area contributed by atoms with E-state index in [-0.39, 0.29) is 48.0 Å². The number of carbonyl (C=O) groups excluding carboxylic acids is 4. The van der Waals surface area contributed by atoms with Crippen LogP contribution in [0.4, 0.5) is 14.9 Å². The largest absolute Gasteiger partial charge is 0.379 e. The molecule has 0 radical (unpaired) electrons. The number of allylic oxidation sites excluding steroid dienone is 2. The molecule has 2 fully saturated rings. The molecule has 2 unspecified atom stereocenters. The Morgan fingerprint density at radius 1 is 1.15 bits per heavy atom. The summed E-state index contributed by atoms with van der Waals surface area (Å²) in [4.78, 5) is 54.5. The lowest BCUT2D eigenvalue weighted by atomic mass is 9.84. The van der Waals surface area contributed by atoms with Crippen molar-refractivity contribution in [3.05, 3.63) is 53.0 Å². The van der Waals surface area contributed by atoms with Crippen LogP contribution in [-0.2, 0) is 20.1 Å². The number of halogens is 1. The molecule has 0 bridgehead atoms. The molecular formula is C35H51FN6O4S. The van der Waals surface area contributed by atoms with Crippen LogP contribution in [0.1, 0.15) is 70.8 Å². The molecule has 4 rings (SSSR count). The van der Waals surface area contributed by atoms with Gasteiger partial charge in [0.2, 0.25) is 12.3 Å². The van der Waals surface area contributed by atoms with Crippen LogP contribution < -0.4 is 10.6 Å². The van der Waals surface area contributed by atoms with E-state index in [0.29, 0.717) is 31.7 Å². The Bertz CT molecular complexity index is 1340. The molecule has 0 spiro atoms. The van der Waals surface area contributed by atoms with Crippen molar-refractivity contribution in [3.8, 4) is 0 Å². The summed E-state index contributed by atoms with van der Waals surface area (Å²) in [5, 5.41) is 5.44. The number of hydrogen-bond acceptors (Lipinski definition) is 7. The van der Waals surface area contributed by atoms with E-state index in [4.69, 9.17) is 0 Å². The van der Waals surface area contributed by atoms with Crippen LogP contribution in [0.5, 0.6) is 0 Å². The number of urea groups is 1. The molecule has 4 amide bonds. The van der Waals surface area contributed by atoms with Gasteiger partial charge in [-0.15, -0.1) is 0 Å². The highest BCUT2D eigenvalue weighted by Crippen LogP contribution is 2.36. The van der Waals surface area contributed by atoms with Gasteiger partial charge in [-0.3, -0.25) is 9.59 Å². The molecule has 12 heteroatoms. The summed E-state index contributed by atoms with van der Waals surface area (Å²) in [5.74, 6) is 0.189. The monoisotopic (exact) mass is 670 g/mol. The standard InChI is InChI=1S/C35H51FN6O4S/c1-35(2)16-6-7-17-42(35)47-23-25-10-12-28(36)29(21-25)38-34(46)40-18-14-26(15-19-40)27-11-13-30(32(22-27)39(4)5)41(24-44)31(9-8-20-43)33(45)37-3/h10-12,20-22,24,26,30-31H,6-9,13-19,23H2,1-5H3,(H,37,45)(H,38,46). The molecule has 2 atom stereocenters. The van der Waals surface area contributed by atoms with Crippen LogP contribution in [0.3, 0.4) is 0 Å². The van der Waals surface area contributed by atoms with E-state index in [9.17, 15) is 23.6 Å². The average molecular weight is 671 g/mol. The minimum absolute atomic E-state index is 0.134. The first-order chi connectivity index (χ1) is 22.5. The molecular weight excluding hydrogens is 619 g/mol. The maximum absolute atomic E-state index is 14.8. The van der Waals surface area contributed by atoms with Crippen molar-refractivity contribution in [1.82, 2.24) is 24.3 Å². The number of likely N-dealkylation sites (N-methyl/N-ethyl adjacent to an activating group) is 2. The highest BCUT2D eigenvalue weighted by molar-refractivity contribution is 7.96. The number of nitrogens with one attached hydrogen (secondary N) is 2. The smallest absolute Gasteiger partial charge is 0.321 e. The van der Waals surface area contributed by atoms with Crippen molar-refractivity contribution in [2.45, 2.75) is 88.6 Å². The predicted octanol–water partition coefficient (Wildman–Crippen LogP) is 5.18. The quantitative estimate of drug-likeness (QED) is 0.220. The predicted molar refractivity (Wildman–Crippen MR) is 185 cm³/mol. The third-order valence-electron chi connectivity index (χ3n) is 9.69. The van der Waals surface area contributed by atoms with Gasteiger partial charge in [-0.05, 0) is 87.6 Å². The number of likely N-dealkylation sites (tertiary alicyclic amines) is 1. The van der Waals surface area contributed by atoms with Crippen molar-refractivity contribution in [2.75, 3.05) is 46.1 Å². The zero-order valence-electron chi connectivity index (χ0n) is 28.5. The zero-order chi connectivity index (χ0) is 34.1. The first-order valence-electron chi connectivity index (χ1n) is 16.7. The van der Waals surface area contributed by atoms with E-state index in [1.807, 2.05) is 19.0 Å².